The Morgan fingerprint density at radius 3 is 2.65 bits per heavy atom. The second-order valence-corrected chi connectivity index (χ2v) is 8.83. The number of benzene rings is 3. The Morgan fingerprint density at radius 1 is 0.971 bits per heavy atom. The quantitative estimate of drug-likeness (QED) is 0.400. The first kappa shape index (κ1) is 22.2. The summed E-state index contributed by atoms with van der Waals surface area (Å²) in [5, 5.41) is 2.84. The van der Waals surface area contributed by atoms with E-state index in [1.807, 2.05) is 47.3 Å². The number of anilines is 1. The van der Waals surface area contributed by atoms with E-state index in [4.69, 9.17) is 4.74 Å². The summed E-state index contributed by atoms with van der Waals surface area (Å²) in [6, 6.07) is 22.3. The molecular formula is C28H30N4O2. The molecule has 5 rings (SSSR count). The van der Waals surface area contributed by atoms with Gasteiger partial charge in [-0.15, -0.1) is 0 Å². The number of amides is 1. The summed E-state index contributed by atoms with van der Waals surface area (Å²) < 4.78 is 8.10. The Morgan fingerprint density at radius 2 is 1.79 bits per heavy atom. The molecule has 1 aliphatic rings. The molecule has 4 aromatic rings. The molecule has 0 bridgehead atoms. The Hall–Kier alpha value is -3.64. The van der Waals surface area contributed by atoms with Gasteiger partial charge in [0.25, 0.3) is 0 Å². The summed E-state index contributed by atoms with van der Waals surface area (Å²) in [7, 11) is 0. The lowest BCUT2D eigenvalue weighted by molar-refractivity contribution is -0.114. The number of hydrogen-bond acceptors (Lipinski definition) is 4. The van der Waals surface area contributed by atoms with Crippen molar-refractivity contribution in [2.45, 2.75) is 26.2 Å². The molecule has 1 saturated heterocycles. The summed E-state index contributed by atoms with van der Waals surface area (Å²) in [4.78, 5) is 18.5. The Kier molecular flexibility index (Phi) is 6.58. The van der Waals surface area contributed by atoms with Crippen LogP contribution in [-0.2, 0) is 4.79 Å². The highest BCUT2D eigenvalue weighted by molar-refractivity contribution is 5.89. The van der Waals surface area contributed by atoms with E-state index in [1.165, 1.54) is 39.3 Å². The van der Waals surface area contributed by atoms with Crippen LogP contribution in [0.5, 0.6) is 5.75 Å². The third-order valence-electron chi connectivity index (χ3n) is 6.28. The number of ether oxygens (including phenoxy) is 1. The van der Waals surface area contributed by atoms with Gasteiger partial charge in [-0.05, 0) is 79.5 Å². The van der Waals surface area contributed by atoms with Crippen LogP contribution in [0.2, 0.25) is 0 Å². The maximum absolute atomic E-state index is 11.4. The average molecular weight is 455 g/mol. The molecule has 0 saturated carbocycles. The van der Waals surface area contributed by atoms with Crippen molar-refractivity contribution in [2.24, 2.45) is 0 Å². The molecule has 1 amide bonds. The minimum Gasteiger partial charge on any atom is -0.492 e. The fourth-order valence-electron chi connectivity index (χ4n) is 4.58. The predicted octanol–water partition coefficient (Wildman–Crippen LogP) is 5.52. The largest absolute Gasteiger partial charge is 0.492 e. The van der Waals surface area contributed by atoms with Crippen LogP contribution in [0.25, 0.3) is 27.8 Å². The second kappa shape index (κ2) is 10.1. The zero-order chi connectivity index (χ0) is 23.3. The highest BCUT2D eigenvalue weighted by Crippen LogP contribution is 2.28. The van der Waals surface area contributed by atoms with Crippen LogP contribution in [0, 0.1) is 0 Å². The zero-order valence-corrected chi connectivity index (χ0v) is 19.5. The first-order valence-corrected chi connectivity index (χ1v) is 12.0. The van der Waals surface area contributed by atoms with Crippen molar-refractivity contribution >= 4 is 22.6 Å². The Labute approximate surface area is 200 Å². The van der Waals surface area contributed by atoms with Crippen molar-refractivity contribution in [3.63, 3.8) is 0 Å². The van der Waals surface area contributed by atoms with Gasteiger partial charge in [-0.3, -0.25) is 14.3 Å². The number of nitrogens with one attached hydrogen (secondary N) is 1. The van der Waals surface area contributed by atoms with Crippen LogP contribution in [0.4, 0.5) is 5.69 Å². The molecule has 6 heteroatoms. The van der Waals surface area contributed by atoms with E-state index in [-0.39, 0.29) is 5.91 Å². The standard InChI is InChI=1S/C28H30N4O2/c1-21(33)30-24-8-6-9-25(19-24)32-20-29-27-18-23(11-12-28(27)32)22-7-5-10-26(17-22)34-16-15-31-13-3-2-4-14-31/h5-12,17-20H,2-4,13-16H2,1H3,(H,30,33). The molecule has 1 N–H and O–H groups in total. The minimum absolute atomic E-state index is 0.0880. The fourth-order valence-corrected chi connectivity index (χ4v) is 4.58. The topological polar surface area (TPSA) is 59.4 Å². The zero-order valence-electron chi connectivity index (χ0n) is 19.5. The van der Waals surface area contributed by atoms with Crippen LogP contribution >= 0.6 is 0 Å². The molecule has 0 radical (unpaired) electrons. The van der Waals surface area contributed by atoms with Crippen molar-refractivity contribution in [3.8, 4) is 22.6 Å². The molecule has 3 aromatic carbocycles. The normalized spacial score (nSPS) is 14.3. The Balaban J connectivity index is 1.32. The highest BCUT2D eigenvalue weighted by atomic mass is 16.5. The van der Waals surface area contributed by atoms with Crippen LogP contribution in [0.15, 0.2) is 73.1 Å². The number of carbonyl (C=O) groups excluding carboxylic acids is 1. The molecule has 34 heavy (non-hydrogen) atoms. The van der Waals surface area contributed by atoms with E-state index in [9.17, 15) is 4.79 Å². The summed E-state index contributed by atoms with van der Waals surface area (Å²) >= 11 is 0. The number of likely N-dealkylation sites (tertiary alicyclic amines) is 1. The molecule has 174 valence electrons. The SMILES string of the molecule is CC(=O)Nc1cccc(-n2cnc3cc(-c4cccc(OCCN5CCCCC5)c4)ccc32)c1. The molecule has 0 unspecified atom stereocenters. The molecule has 1 aliphatic heterocycles. The average Bonchev–Trinajstić information content (AvgIpc) is 3.28. The molecule has 0 atom stereocenters. The maximum Gasteiger partial charge on any atom is 0.221 e. The van der Waals surface area contributed by atoms with Crippen molar-refractivity contribution in [1.82, 2.24) is 14.5 Å². The van der Waals surface area contributed by atoms with Crippen LogP contribution in [0.3, 0.4) is 0 Å². The summed E-state index contributed by atoms with van der Waals surface area (Å²) in [5.41, 5.74) is 5.86. The van der Waals surface area contributed by atoms with Gasteiger partial charge in [0.2, 0.25) is 5.91 Å². The van der Waals surface area contributed by atoms with Gasteiger partial charge in [-0.25, -0.2) is 4.98 Å². The van der Waals surface area contributed by atoms with Gasteiger partial charge >= 0.3 is 0 Å². The van der Waals surface area contributed by atoms with Gasteiger partial charge in [0.15, 0.2) is 0 Å². The summed E-state index contributed by atoms with van der Waals surface area (Å²) in [6.45, 7) is 5.58. The molecule has 6 nitrogen and oxygen atoms in total. The van der Waals surface area contributed by atoms with Crippen LogP contribution in [0.1, 0.15) is 26.2 Å². The van der Waals surface area contributed by atoms with E-state index in [1.54, 1.807) is 0 Å². The van der Waals surface area contributed by atoms with Gasteiger partial charge in [0.1, 0.15) is 18.7 Å². The number of carbonyl (C=O) groups is 1. The van der Waals surface area contributed by atoms with Crippen molar-refractivity contribution in [2.75, 3.05) is 31.6 Å². The van der Waals surface area contributed by atoms with Crippen LogP contribution in [-0.4, -0.2) is 46.6 Å². The Bertz CT molecular complexity index is 1290. The number of imidazole rings is 1. The van der Waals surface area contributed by atoms with Crippen molar-refractivity contribution in [1.29, 1.82) is 0 Å². The number of piperidine rings is 1. The van der Waals surface area contributed by atoms with E-state index in [2.05, 4.69) is 45.5 Å². The monoisotopic (exact) mass is 454 g/mol. The van der Waals surface area contributed by atoms with E-state index >= 15 is 0 Å². The van der Waals surface area contributed by atoms with Crippen molar-refractivity contribution < 1.29 is 9.53 Å². The molecule has 0 aliphatic carbocycles. The van der Waals surface area contributed by atoms with Gasteiger partial charge in [0, 0.05) is 24.8 Å². The predicted molar refractivity (Wildman–Crippen MR) is 137 cm³/mol. The number of hydrogen-bond donors (Lipinski definition) is 1. The first-order valence-electron chi connectivity index (χ1n) is 12.0. The van der Waals surface area contributed by atoms with Crippen molar-refractivity contribution in [3.05, 3.63) is 73.1 Å². The van der Waals surface area contributed by atoms with E-state index < -0.39 is 0 Å². The number of nitrogens with zero attached hydrogens (tertiary/aromatic N) is 3. The highest BCUT2D eigenvalue weighted by Gasteiger charge is 2.11. The molecule has 1 fully saturated rings. The molecule has 0 spiro atoms. The smallest absolute Gasteiger partial charge is 0.221 e. The molecule has 2 heterocycles. The third-order valence-corrected chi connectivity index (χ3v) is 6.28. The lowest BCUT2D eigenvalue weighted by Gasteiger charge is -2.26. The maximum atomic E-state index is 11.4. The molecular weight excluding hydrogens is 424 g/mol. The number of rotatable bonds is 7. The lowest BCUT2D eigenvalue weighted by atomic mass is 10.0. The van der Waals surface area contributed by atoms with Gasteiger partial charge in [0.05, 0.1) is 11.0 Å². The lowest BCUT2D eigenvalue weighted by Crippen LogP contribution is -2.33. The third kappa shape index (κ3) is 5.13. The molecule has 1 aromatic heterocycles. The van der Waals surface area contributed by atoms with E-state index in [0.29, 0.717) is 6.61 Å². The minimum atomic E-state index is -0.0880. The van der Waals surface area contributed by atoms with E-state index in [0.717, 1.165) is 45.8 Å². The van der Waals surface area contributed by atoms with Gasteiger partial charge in [-0.2, -0.15) is 0 Å². The first-order chi connectivity index (χ1) is 16.7. The van der Waals surface area contributed by atoms with Gasteiger partial charge < -0.3 is 10.1 Å². The fraction of sp³-hybridized carbons (Fsp3) is 0.286. The number of aromatic nitrogens is 2. The van der Waals surface area contributed by atoms with Crippen LogP contribution < -0.4 is 10.1 Å². The summed E-state index contributed by atoms with van der Waals surface area (Å²) in [6.07, 6.45) is 5.77. The van der Waals surface area contributed by atoms with Gasteiger partial charge in [-0.1, -0.05) is 30.7 Å². The number of fused-ring (bicyclic) bond motifs is 1. The second-order valence-electron chi connectivity index (χ2n) is 8.83. The summed E-state index contributed by atoms with van der Waals surface area (Å²) in [5.74, 6) is 0.810.